The highest BCUT2D eigenvalue weighted by molar-refractivity contribution is 7.92. The van der Waals surface area contributed by atoms with E-state index in [4.69, 9.17) is 23.2 Å². The van der Waals surface area contributed by atoms with E-state index in [0.29, 0.717) is 5.69 Å². The number of sulfonamides is 1. The molecule has 28 heavy (non-hydrogen) atoms. The zero-order valence-electron chi connectivity index (χ0n) is 14.1. The van der Waals surface area contributed by atoms with E-state index in [0.717, 1.165) is 6.07 Å². The molecule has 0 radical (unpaired) electrons. The largest absolute Gasteiger partial charge is 0.322 e. The van der Waals surface area contributed by atoms with E-state index in [1.807, 2.05) is 0 Å². The summed E-state index contributed by atoms with van der Waals surface area (Å²) >= 11 is 11.8. The van der Waals surface area contributed by atoms with E-state index in [9.17, 15) is 17.6 Å². The van der Waals surface area contributed by atoms with Gasteiger partial charge in [-0.1, -0.05) is 41.4 Å². The van der Waals surface area contributed by atoms with Crippen molar-refractivity contribution in [2.45, 2.75) is 4.90 Å². The second-order valence-corrected chi connectivity index (χ2v) is 8.19. The second-order valence-electron chi connectivity index (χ2n) is 5.70. The molecule has 0 bridgehead atoms. The molecule has 0 spiro atoms. The van der Waals surface area contributed by atoms with Gasteiger partial charge in [0.2, 0.25) is 0 Å². The molecule has 3 aromatic carbocycles. The lowest BCUT2D eigenvalue weighted by Crippen LogP contribution is -2.14. The Morgan fingerprint density at radius 3 is 2.25 bits per heavy atom. The SMILES string of the molecule is O=C(Nc1ccc(F)c(Cl)c1)c1ccc(NS(=O)(=O)c2ccccc2)c(Cl)c1. The Kier molecular flexibility index (Phi) is 5.88. The van der Waals surface area contributed by atoms with Gasteiger partial charge < -0.3 is 5.32 Å². The lowest BCUT2D eigenvalue weighted by molar-refractivity contribution is 0.102. The maximum atomic E-state index is 13.2. The standard InChI is InChI=1S/C19H13Cl2FN2O3S/c20-15-11-13(7-8-17(15)22)23-19(25)12-6-9-18(16(21)10-12)24-28(26,27)14-4-2-1-3-5-14/h1-11,24H,(H,23,25). The fourth-order valence-corrected chi connectivity index (χ4v) is 3.88. The van der Waals surface area contributed by atoms with Crippen molar-refractivity contribution >= 4 is 50.5 Å². The smallest absolute Gasteiger partial charge is 0.261 e. The lowest BCUT2D eigenvalue weighted by Gasteiger charge is -2.11. The van der Waals surface area contributed by atoms with Crippen molar-refractivity contribution in [2.75, 3.05) is 10.0 Å². The number of benzene rings is 3. The first-order valence-electron chi connectivity index (χ1n) is 7.90. The van der Waals surface area contributed by atoms with E-state index in [-0.39, 0.29) is 26.2 Å². The maximum Gasteiger partial charge on any atom is 0.261 e. The van der Waals surface area contributed by atoms with Gasteiger partial charge in [0.1, 0.15) is 5.82 Å². The van der Waals surface area contributed by atoms with Gasteiger partial charge in [0.25, 0.3) is 15.9 Å². The highest BCUT2D eigenvalue weighted by Crippen LogP contribution is 2.27. The monoisotopic (exact) mass is 438 g/mol. The Bertz CT molecular complexity index is 1140. The summed E-state index contributed by atoms with van der Waals surface area (Å²) in [5.41, 5.74) is 0.626. The van der Waals surface area contributed by atoms with Crippen molar-refractivity contribution in [3.8, 4) is 0 Å². The van der Waals surface area contributed by atoms with Crippen LogP contribution in [-0.2, 0) is 10.0 Å². The third-order valence-corrected chi connectivity index (χ3v) is 5.69. The average molecular weight is 439 g/mol. The summed E-state index contributed by atoms with van der Waals surface area (Å²) in [4.78, 5) is 12.4. The fraction of sp³-hybridized carbons (Fsp3) is 0. The van der Waals surface area contributed by atoms with Crippen molar-refractivity contribution < 1.29 is 17.6 Å². The van der Waals surface area contributed by atoms with Crippen LogP contribution in [0, 0.1) is 5.82 Å². The molecule has 0 aliphatic carbocycles. The van der Waals surface area contributed by atoms with E-state index < -0.39 is 21.7 Å². The predicted molar refractivity (Wildman–Crippen MR) is 108 cm³/mol. The van der Waals surface area contributed by atoms with Crippen LogP contribution >= 0.6 is 23.2 Å². The van der Waals surface area contributed by atoms with Crippen LogP contribution in [0.25, 0.3) is 0 Å². The van der Waals surface area contributed by atoms with Gasteiger partial charge in [-0.25, -0.2) is 12.8 Å². The summed E-state index contributed by atoms with van der Waals surface area (Å²) in [6, 6.07) is 15.7. The van der Waals surface area contributed by atoms with Crippen LogP contribution in [0.15, 0.2) is 71.6 Å². The minimum Gasteiger partial charge on any atom is -0.322 e. The van der Waals surface area contributed by atoms with Crippen LogP contribution in [0.1, 0.15) is 10.4 Å². The molecule has 2 N–H and O–H groups in total. The summed E-state index contributed by atoms with van der Waals surface area (Å²) in [5, 5.41) is 2.48. The van der Waals surface area contributed by atoms with Gasteiger partial charge in [-0.05, 0) is 48.5 Å². The van der Waals surface area contributed by atoms with Crippen LogP contribution in [-0.4, -0.2) is 14.3 Å². The van der Waals surface area contributed by atoms with Gasteiger partial charge in [0.05, 0.1) is 20.6 Å². The van der Waals surface area contributed by atoms with Crippen LogP contribution in [0.2, 0.25) is 10.0 Å². The molecule has 0 atom stereocenters. The molecule has 0 heterocycles. The fourth-order valence-electron chi connectivity index (χ4n) is 2.32. The molecule has 3 aromatic rings. The van der Waals surface area contributed by atoms with Crippen LogP contribution in [0.3, 0.4) is 0 Å². The predicted octanol–water partition coefficient (Wildman–Crippen LogP) is 5.19. The van der Waals surface area contributed by atoms with E-state index in [2.05, 4.69) is 10.0 Å². The molecule has 0 saturated carbocycles. The van der Waals surface area contributed by atoms with Gasteiger partial charge >= 0.3 is 0 Å². The average Bonchev–Trinajstić information content (AvgIpc) is 2.67. The number of amides is 1. The Labute approximate surface area is 171 Å². The number of anilines is 2. The number of carbonyl (C=O) groups is 1. The molecule has 0 fully saturated rings. The van der Waals surface area contributed by atoms with Gasteiger partial charge in [-0.3, -0.25) is 9.52 Å². The molecule has 0 aromatic heterocycles. The zero-order valence-corrected chi connectivity index (χ0v) is 16.4. The highest BCUT2D eigenvalue weighted by Gasteiger charge is 2.16. The van der Waals surface area contributed by atoms with E-state index >= 15 is 0 Å². The Morgan fingerprint density at radius 1 is 0.893 bits per heavy atom. The summed E-state index contributed by atoms with van der Waals surface area (Å²) in [7, 11) is -3.81. The summed E-state index contributed by atoms with van der Waals surface area (Å²) < 4.78 is 40.3. The van der Waals surface area contributed by atoms with Gasteiger partial charge in [-0.15, -0.1) is 0 Å². The summed E-state index contributed by atoms with van der Waals surface area (Å²) in [5.74, 6) is -1.11. The molecule has 0 aliphatic heterocycles. The molecule has 1 amide bonds. The lowest BCUT2D eigenvalue weighted by atomic mass is 10.2. The first-order chi connectivity index (χ1) is 13.3. The summed E-state index contributed by atoms with van der Waals surface area (Å²) in [6.07, 6.45) is 0. The zero-order chi connectivity index (χ0) is 20.3. The quantitative estimate of drug-likeness (QED) is 0.575. The molecule has 0 saturated heterocycles. The number of carbonyl (C=O) groups excluding carboxylic acids is 1. The molecule has 5 nitrogen and oxygen atoms in total. The van der Waals surface area contributed by atoms with E-state index in [1.165, 1.54) is 42.5 Å². The molecule has 9 heteroatoms. The van der Waals surface area contributed by atoms with Crippen molar-refractivity contribution in [1.82, 2.24) is 0 Å². The number of nitrogens with one attached hydrogen (secondary N) is 2. The highest BCUT2D eigenvalue weighted by atomic mass is 35.5. The Balaban J connectivity index is 1.78. The van der Waals surface area contributed by atoms with Gasteiger partial charge in [-0.2, -0.15) is 0 Å². The maximum absolute atomic E-state index is 13.2. The number of halogens is 3. The van der Waals surface area contributed by atoms with E-state index in [1.54, 1.807) is 18.2 Å². The van der Waals surface area contributed by atoms with Crippen molar-refractivity contribution in [1.29, 1.82) is 0 Å². The molecular formula is C19H13Cl2FN2O3S. The van der Waals surface area contributed by atoms with Gasteiger partial charge in [0, 0.05) is 11.3 Å². The Hall–Kier alpha value is -2.61. The second kappa shape index (κ2) is 8.18. The van der Waals surface area contributed by atoms with Crippen molar-refractivity contribution in [3.05, 3.63) is 88.2 Å². The van der Waals surface area contributed by atoms with Crippen molar-refractivity contribution in [3.63, 3.8) is 0 Å². The van der Waals surface area contributed by atoms with Crippen LogP contribution < -0.4 is 10.0 Å². The third kappa shape index (κ3) is 4.62. The minimum atomic E-state index is -3.81. The number of hydrogen-bond donors (Lipinski definition) is 2. The molecule has 0 unspecified atom stereocenters. The minimum absolute atomic E-state index is 0.0456. The topological polar surface area (TPSA) is 75.3 Å². The van der Waals surface area contributed by atoms with Gasteiger partial charge in [0.15, 0.2) is 0 Å². The molecular weight excluding hydrogens is 426 g/mol. The number of rotatable bonds is 5. The van der Waals surface area contributed by atoms with Crippen LogP contribution in [0.4, 0.5) is 15.8 Å². The van der Waals surface area contributed by atoms with Crippen molar-refractivity contribution in [2.24, 2.45) is 0 Å². The third-order valence-electron chi connectivity index (χ3n) is 3.71. The Morgan fingerprint density at radius 2 is 1.61 bits per heavy atom. The molecule has 144 valence electrons. The normalized spacial score (nSPS) is 11.1. The first-order valence-corrected chi connectivity index (χ1v) is 10.1. The molecule has 0 aliphatic rings. The summed E-state index contributed by atoms with van der Waals surface area (Å²) in [6.45, 7) is 0. The first kappa shape index (κ1) is 20.1. The molecule has 3 rings (SSSR count). The number of hydrogen-bond acceptors (Lipinski definition) is 3. The van der Waals surface area contributed by atoms with Crippen LogP contribution in [0.5, 0.6) is 0 Å².